The quantitative estimate of drug-likeness (QED) is 0.0456. The van der Waals surface area contributed by atoms with Crippen molar-refractivity contribution < 1.29 is 33.4 Å². The number of carbonyl (C=O) groups excluding carboxylic acids is 4. The number of unbranched alkanes of at least 4 members (excludes halogenated alkanes) is 4. The number of alkyl halides is 2. The number of Topliss-reactive ketones (excluding diaryl/α,β-unsaturated/α-hetero) is 1. The van der Waals surface area contributed by atoms with Crippen molar-refractivity contribution >= 4 is 55.6 Å². The summed E-state index contributed by atoms with van der Waals surface area (Å²) in [5.74, 6) is -0.0385. The van der Waals surface area contributed by atoms with Crippen LogP contribution in [-0.2, 0) is 16.0 Å². The zero-order chi connectivity index (χ0) is 31.0. The number of benzene rings is 3. The molecular formula is C34H36Br2O7. The van der Waals surface area contributed by atoms with Crippen LogP contribution in [0.1, 0.15) is 83.2 Å². The molecule has 0 atom stereocenters. The van der Waals surface area contributed by atoms with E-state index in [2.05, 4.69) is 31.9 Å². The third kappa shape index (κ3) is 12.1. The van der Waals surface area contributed by atoms with Crippen molar-refractivity contribution in [1.29, 1.82) is 0 Å². The molecule has 0 aliphatic carbocycles. The van der Waals surface area contributed by atoms with Crippen LogP contribution in [0, 0.1) is 6.92 Å². The van der Waals surface area contributed by atoms with Gasteiger partial charge in [0.25, 0.3) is 0 Å². The average Bonchev–Trinajstić information content (AvgIpc) is 2.99. The zero-order valence-corrected chi connectivity index (χ0v) is 27.4. The van der Waals surface area contributed by atoms with Gasteiger partial charge in [0.15, 0.2) is 5.78 Å². The van der Waals surface area contributed by atoms with Crippen molar-refractivity contribution in [2.24, 2.45) is 0 Å². The summed E-state index contributed by atoms with van der Waals surface area (Å²) < 4.78 is 16.3. The summed E-state index contributed by atoms with van der Waals surface area (Å²) >= 11 is 6.74. The number of esters is 3. The minimum Gasteiger partial charge on any atom is -0.427 e. The largest absolute Gasteiger partial charge is 0.427 e. The van der Waals surface area contributed by atoms with Crippen molar-refractivity contribution in [2.45, 2.75) is 64.7 Å². The molecule has 0 saturated heterocycles. The van der Waals surface area contributed by atoms with Gasteiger partial charge in [0.2, 0.25) is 0 Å². The van der Waals surface area contributed by atoms with Crippen molar-refractivity contribution in [3.63, 3.8) is 0 Å². The van der Waals surface area contributed by atoms with Gasteiger partial charge >= 0.3 is 17.9 Å². The fourth-order valence-electron chi connectivity index (χ4n) is 4.20. The smallest absolute Gasteiger partial charge is 0.343 e. The fourth-order valence-corrected chi connectivity index (χ4v) is 4.99. The van der Waals surface area contributed by atoms with E-state index < -0.39 is 5.97 Å². The van der Waals surface area contributed by atoms with Gasteiger partial charge in [0, 0.05) is 35.5 Å². The van der Waals surface area contributed by atoms with Crippen LogP contribution in [0.15, 0.2) is 66.7 Å². The second-order valence-corrected chi connectivity index (χ2v) is 11.7. The average molecular weight is 716 g/mol. The van der Waals surface area contributed by atoms with E-state index in [9.17, 15) is 19.2 Å². The first-order valence-electron chi connectivity index (χ1n) is 14.4. The molecule has 0 spiro atoms. The molecule has 3 rings (SSSR count). The lowest BCUT2D eigenvalue weighted by Gasteiger charge is -2.10. The van der Waals surface area contributed by atoms with Crippen LogP contribution in [0.2, 0.25) is 0 Å². The van der Waals surface area contributed by atoms with E-state index in [-0.39, 0.29) is 24.1 Å². The molecule has 0 amide bonds. The van der Waals surface area contributed by atoms with Crippen LogP contribution in [0.5, 0.6) is 17.2 Å². The summed E-state index contributed by atoms with van der Waals surface area (Å²) in [4.78, 5) is 49.5. The second-order valence-electron chi connectivity index (χ2n) is 10.1. The first kappa shape index (κ1) is 34.2. The second kappa shape index (κ2) is 18.4. The number of hydrogen-bond donors (Lipinski definition) is 0. The number of carbonyl (C=O) groups is 4. The van der Waals surface area contributed by atoms with Gasteiger partial charge in [-0.05, 0) is 98.3 Å². The predicted molar refractivity (Wildman–Crippen MR) is 173 cm³/mol. The highest BCUT2D eigenvalue weighted by Crippen LogP contribution is 2.23. The predicted octanol–water partition coefficient (Wildman–Crippen LogP) is 8.36. The Bertz CT molecular complexity index is 1370. The molecule has 43 heavy (non-hydrogen) atoms. The van der Waals surface area contributed by atoms with E-state index in [1.807, 2.05) is 6.07 Å². The summed E-state index contributed by atoms with van der Waals surface area (Å²) in [6, 6.07) is 18.0. The molecule has 0 aromatic heterocycles. The Morgan fingerprint density at radius 2 is 1.12 bits per heavy atom. The van der Waals surface area contributed by atoms with Crippen molar-refractivity contribution in [3.05, 3.63) is 89.0 Å². The number of hydrogen-bond acceptors (Lipinski definition) is 7. The third-order valence-corrected chi connectivity index (χ3v) is 7.69. The molecule has 228 valence electrons. The number of ether oxygens (including phenoxy) is 3. The van der Waals surface area contributed by atoms with Crippen molar-refractivity contribution in [1.82, 2.24) is 0 Å². The Morgan fingerprint density at radius 1 is 0.605 bits per heavy atom. The highest BCUT2D eigenvalue weighted by Gasteiger charge is 2.14. The molecule has 0 radical (unpaired) electrons. The normalized spacial score (nSPS) is 10.7. The molecular weight excluding hydrogens is 680 g/mol. The Morgan fingerprint density at radius 3 is 1.60 bits per heavy atom. The summed E-state index contributed by atoms with van der Waals surface area (Å²) in [5.41, 5.74) is 2.32. The first-order valence-corrected chi connectivity index (χ1v) is 16.6. The number of ketones is 1. The molecule has 0 bridgehead atoms. The number of aryl methyl sites for hydroxylation is 1. The van der Waals surface area contributed by atoms with E-state index >= 15 is 0 Å². The highest BCUT2D eigenvalue weighted by molar-refractivity contribution is 9.09. The van der Waals surface area contributed by atoms with Crippen LogP contribution < -0.4 is 14.2 Å². The van der Waals surface area contributed by atoms with Crippen LogP contribution in [0.3, 0.4) is 0 Å². The van der Waals surface area contributed by atoms with Gasteiger partial charge in [-0.15, -0.1) is 0 Å². The molecule has 7 nitrogen and oxygen atoms in total. The van der Waals surface area contributed by atoms with Crippen LogP contribution >= 0.6 is 31.9 Å². The standard InChI is InChI=1S/C34H36Br2O7/c1-24-22-25(23-30(37)26-11-15-28(16-12-26)41-32(38)8-4-2-6-20-35)10-19-31(24)43-34(40)27-13-17-29(18-14-27)42-33(39)9-5-3-7-21-36/h10-19,22H,2-9,20-21,23H2,1H3. The van der Waals surface area contributed by atoms with E-state index in [1.54, 1.807) is 67.6 Å². The highest BCUT2D eigenvalue weighted by atomic mass is 79.9. The maximum absolute atomic E-state index is 12.9. The van der Waals surface area contributed by atoms with Gasteiger partial charge in [0.05, 0.1) is 5.56 Å². The summed E-state index contributed by atoms with van der Waals surface area (Å²) in [7, 11) is 0. The van der Waals surface area contributed by atoms with Gasteiger partial charge in [-0.2, -0.15) is 0 Å². The molecule has 0 saturated carbocycles. The molecule has 0 heterocycles. The monoisotopic (exact) mass is 714 g/mol. The summed E-state index contributed by atoms with van der Waals surface area (Å²) in [6.07, 6.45) is 6.37. The maximum Gasteiger partial charge on any atom is 0.343 e. The first-order chi connectivity index (χ1) is 20.8. The van der Waals surface area contributed by atoms with Gasteiger partial charge in [-0.1, -0.05) is 56.8 Å². The molecule has 9 heteroatoms. The fraction of sp³-hybridized carbons (Fsp3) is 0.353. The molecule has 0 aliphatic heterocycles. The maximum atomic E-state index is 12.9. The molecule has 3 aromatic carbocycles. The van der Waals surface area contributed by atoms with E-state index in [0.29, 0.717) is 46.8 Å². The van der Waals surface area contributed by atoms with Crippen LogP contribution in [-0.4, -0.2) is 34.4 Å². The Balaban J connectivity index is 1.49. The Kier molecular flexibility index (Phi) is 14.6. The van der Waals surface area contributed by atoms with Gasteiger partial charge in [-0.25, -0.2) is 4.79 Å². The van der Waals surface area contributed by atoms with E-state index in [4.69, 9.17) is 14.2 Å². The molecule has 0 unspecified atom stereocenters. The number of rotatable bonds is 17. The van der Waals surface area contributed by atoms with Gasteiger partial charge in [0.1, 0.15) is 17.2 Å². The Hall–Kier alpha value is -3.30. The number of halogens is 2. The summed E-state index contributed by atoms with van der Waals surface area (Å²) in [5, 5.41) is 1.84. The van der Waals surface area contributed by atoms with Crippen molar-refractivity contribution in [3.8, 4) is 17.2 Å². The topological polar surface area (TPSA) is 96.0 Å². The lowest BCUT2D eigenvalue weighted by atomic mass is 10.0. The van der Waals surface area contributed by atoms with Gasteiger partial charge < -0.3 is 14.2 Å². The van der Waals surface area contributed by atoms with E-state index in [0.717, 1.165) is 54.7 Å². The van der Waals surface area contributed by atoms with Gasteiger partial charge in [-0.3, -0.25) is 14.4 Å². The Labute approximate surface area is 269 Å². The van der Waals surface area contributed by atoms with Crippen LogP contribution in [0.4, 0.5) is 0 Å². The molecule has 0 fully saturated rings. The minimum atomic E-state index is -0.542. The zero-order valence-electron chi connectivity index (χ0n) is 24.2. The lowest BCUT2D eigenvalue weighted by Crippen LogP contribution is -2.11. The summed E-state index contributed by atoms with van der Waals surface area (Å²) in [6.45, 7) is 1.81. The van der Waals surface area contributed by atoms with E-state index in [1.165, 1.54) is 0 Å². The SMILES string of the molecule is Cc1cc(CC(=O)c2ccc(OC(=O)CCCCCBr)cc2)ccc1OC(=O)c1ccc(OC(=O)CCCCCBr)cc1. The molecule has 0 N–H and O–H groups in total. The molecule has 3 aromatic rings. The van der Waals surface area contributed by atoms with Crippen LogP contribution in [0.25, 0.3) is 0 Å². The minimum absolute atomic E-state index is 0.0866. The third-order valence-electron chi connectivity index (χ3n) is 6.57. The lowest BCUT2D eigenvalue weighted by molar-refractivity contribution is -0.135. The molecule has 0 aliphatic rings. The van der Waals surface area contributed by atoms with Crippen molar-refractivity contribution in [2.75, 3.05) is 10.7 Å².